The minimum Gasteiger partial charge on any atom is -0.378 e. The molecule has 1 N–H and O–H groups in total. The Bertz CT molecular complexity index is 646. The van der Waals surface area contributed by atoms with Crippen LogP contribution in [-0.4, -0.2) is 24.1 Å². The molecule has 0 aliphatic rings. The molecule has 18 heavy (non-hydrogen) atoms. The van der Waals surface area contributed by atoms with Crippen molar-refractivity contribution in [2.24, 2.45) is 0 Å². The molecule has 2 rings (SSSR count). The molecule has 0 atom stereocenters. The molecular formula is C11H10F3N3O. The first-order valence-electron chi connectivity index (χ1n) is 5.07. The van der Waals surface area contributed by atoms with E-state index in [2.05, 4.69) is 4.98 Å². The quantitative estimate of drug-likeness (QED) is 0.850. The molecule has 7 heteroatoms. The van der Waals surface area contributed by atoms with Crippen molar-refractivity contribution < 1.29 is 13.2 Å². The van der Waals surface area contributed by atoms with Gasteiger partial charge in [-0.2, -0.15) is 13.2 Å². The maximum atomic E-state index is 12.5. The lowest BCUT2D eigenvalue weighted by atomic mass is 10.2. The topological polar surface area (TPSA) is 49.0 Å². The van der Waals surface area contributed by atoms with Gasteiger partial charge in [-0.1, -0.05) is 0 Å². The van der Waals surface area contributed by atoms with Gasteiger partial charge in [-0.25, -0.2) is 4.98 Å². The van der Waals surface area contributed by atoms with E-state index in [0.717, 1.165) is 5.69 Å². The predicted molar refractivity (Wildman–Crippen MR) is 61.7 cm³/mol. The highest BCUT2D eigenvalue weighted by Gasteiger charge is 2.34. The van der Waals surface area contributed by atoms with Gasteiger partial charge in [0.25, 0.3) is 5.56 Å². The molecule has 0 fully saturated rings. The summed E-state index contributed by atoms with van der Waals surface area (Å²) in [5.74, 6) is -1.28. The number of nitrogens with zero attached hydrogens (tertiary/aromatic N) is 2. The van der Waals surface area contributed by atoms with Crippen molar-refractivity contribution in [3.05, 3.63) is 34.4 Å². The summed E-state index contributed by atoms with van der Waals surface area (Å²) >= 11 is 0. The number of aromatic amines is 1. The Hall–Kier alpha value is -2.05. The molecule has 0 saturated carbocycles. The van der Waals surface area contributed by atoms with Gasteiger partial charge >= 0.3 is 6.18 Å². The molecule has 0 spiro atoms. The van der Waals surface area contributed by atoms with E-state index in [4.69, 9.17) is 0 Å². The van der Waals surface area contributed by atoms with Crippen LogP contribution in [0.2, 0.25) is 0 Å². The van der Waals surface area contributed by atoms with E-state index in [1.165, 1.54) is 12.1 Å². The number of aromatic nitrogens is 2. The minimum atomic E-state index is -4.66. The number of alkyl halides is 3. The lowest BCUT2D eigenvalue weighted by Gasteiger charge is -2.13. The summed E-state index contributed by atoms with van der Waals surface area (Å²) in [4.78, 5) is 18.5. The van der Waals surface area contributed by atoms with E-state index in [0.29, 0.717) is 0 Å². The van der Waals surface area contributed by atoms with Gasteiger partial charge in [0.05, 0.1) is 10.9 Å². The summed E-state index contributed by atoms with van der Waals surface area (Å²) in [6.45, 7) is 0. The smallest absolute Gasteiger partial charge is 0.378 e. The van der Waals surface area contributed by atoms with Crippen molar-refractivity contribution in [2.45, 2.75) is 6.18 Å². The fourth-order valence-electron chi connectivity index (χ4n) is 1.54. The van der Waals surface area contributed by atoms with Crippen LogP contribution in [0.15, 0.2) is 23.0 Å². The molecular weight excluding hydrogens is 247 g/mol. The van der Waals surface area contributed by atoms with Crippen LogP contribution in [0.3, 0.4) is 0 Å². The van der Waals surface area contributed by atoms with Gasteiger partial charge in [0.15, 0.2) is 0 Å². The zero-order chi connectivity index (χ0) is 13.5. The van der Waals surface area contributed by atoms with Crippen LogP contribution in [0.4, 0.5) is 18.9 Å². The van der Waals surface area contributed by atoms with Crippen molar-refractivity contribution >= 4 is 16.6 Å². The number of H-pyrrole nitrogens is 1. The summed E-state index contributed by atoms with van der Waals surface area (Å²) in [5.41, 5.74) is -0.0535. The van der Waals surface area contributed by atoms with Gasteiger partial charge in [0, 0.05) is 19.8 Å². The zero-order valence-corrected chi connectivity index (χ0v) is 9.67. The van der Waals surface area contributed by atoms with Crippen molar-refractivity contribution in [1.29, 1.82) is 0 Å². The standard InChI is InChI=1S/C11H10F3N3O/c1-17(2)6-3-4-8-7(5-6)9(18)16-10(15-8)11(12,13)14/h3-5H,1-2H3,(H,15,16,18). The number of rotatable bonds is 1. The molecule has 0 radical (unpaired) electrons. The van der Waals surface area contributed by atoms with Crippen LogP contribution < -0.4 is 10.5 Å². The summed E-state index contributed by atoms with van der Waals surface area (Å²) < 4.78 is 37.4. The van der Waals surface area contributed by atoms with E-state index in [9.17, 15) is 18.0 Å². The van der Waals surface area contributed by atoms with Gasteiger partial charge in [-0.3, -0.25) is 4.79 Å². The van der Waals surface area contributed by atoms with Crippen LogP contribution >= 0.6 is 0 Å². The van der Waals surface area contributed by atoms with Crippen molar-refractivity contribution in [2.75, 3.05) is 19.0 Å². The molecule has 0 aliphatic heterocycles. The van der Waals surface area contributed by atoms with Gasteiger partial charge < -0.3 is 9.88 Å². The maximum absolute atomic E-state index is 12.5. The fourth-order valence-corrected chi connectivity index (χ4v) is 1.54. The number of hydrogen-bond acceptors (Lipinski definition) is 3. The third-order valence-electron chi connectivity index (χ3n) is 2.47. The third kappa shape index (κ3) is 2.15. The van der Waals surface area contributed by atoms with Crippen molar-refractivity contribution in [3.8, 4) is 0 Å². The lowest BCUT2D eigenvalue weighted by molar-refractivity contribution is -0.144. The predicted octanol–water partition coefficient (Wildman–Crippen LogP) is 2.01. The first kappa shape index (κ1) is 12.4. The van der Waals surface area contributed by atoms with E-state index in [1.807, 2.05) is 0 Å². The molecule has 1 heterocycles. The molecule has 1 aromatic carbocycles. The average molecular weight is 257 g/mol. The second kappa shape index (κ2) is 4.01. The summed E-state index contributed by atoms with van der Waals surface area (Å²) in [6, 6.07) is 4.51. The molecule has 0 unspecified atom stereocenters. The van der Waals surface area contributed by atoms with Crippen molar-refractivity contribution in [1.82, 2.24) is 9.97 Å². The Kier molecular flexibility index (Phi) is 2.76. The first-order valence-corrected chi connectivity index (χ1v) is 5.07. The number of fused-ring (bicyclic) bond motifs is 1. The molecule has 1 aromatic heterocycles. The van der Waals surface area contributed by atoms with E-state index >= 15 is 0 Å². The Balaban J connectivity index is 2.70. The minimum absolute atomic E-state index is 0.0247. The highest BCUT2D eigenvalue weighted by atomic mass is 19.4. The van der Waals surface area contributed by atoms with Gasteiger partial charge in [0.1, 0.15) is 0 Å². The fraction of sp³-hybridized carbons (Fsp3) is 0.273. The highest BCUT2D eigenvalue weighted by molar-refractivity contribution is 5.81. The first-order chi connectivity index (χ1) is 8.29. The molecule has 2 aromatic rings. The number of benzene rings is 1. The zero-order valence-electron chi connectivity index (χ0n) is 9.67. The molecule has 4 nitrogen and oxygen atoms in total. The number of anilines is 1. The molecule has 96 valence electrons. The van der Waals surface area contributed by atoms with E-state index in [-0.39, 0.29) is 10.9 Å². The highest BCUT2D eigenvalue weighted by Crippen LogP contribution is 2.26. The molecule has 0 amide bonds. The van der Waals surface area contributed by atoms with E-state index in [1.54, 1.807) is 30.0 Å². The van der Waals surface area contributed by atoms with Crippen LogP contribution in [0, 0.1) is 0 Å². The number of hydrogen-bond donors (Lipinski definition) is 1. The van der Waals surface area contributed by atoms with E-state index < -0.39 is 17.6 Å². The molecule has 0 aliphatic carbocycles. The largest absolute Gasteiger partial charge is 0.449 e. The normalized spacial score (nSPS) is 11.8. The second-order valence-electron chi connectivity index (χ2n) is 4.01. The SMILES string of the molecule is CN(C)c1ccc2nc(C(F)(F)F)[nH]c(=O)c2c1. The Morgan fingerprint density at radius 1 is 1.28 bits per heavy atom. The lowest BCUT2D eigenvalue weighted by Crippen LogP contribution is -2.19. The molecule has 0 bridgehead atoms. The Morgan fingerprint density at radius 3 is 2.50 bits per heavy atom. The third-order valence-corrected chi connectivity index (χ3v) is 2.47. The second-order valence-corrected chi connectivity index (χ2v) is 4.01. The van der Waals surface area contributed by atoms with Crippen LogP contribution in [0.1, 0.15) is 5.82 Å². The van der Waals surface area contributed by atoms with Crippen LogP contribution in [0.5, 0.6) is 0 Å². The molecule has 0 saturated heterocycles. The average Bonchev–Trinajstić information content (AvgIpc) is 2.27. The van der Waals surface area contributed by atoms with Gasteiger partial charge in [-0.05, 0) is 18.2 Å². The number of halogens is 3. The maximum Gasteiger partial charge on any atom is 0.449 e. The summed E-state index contributed by atoms with van der Waals surface area (Å²) in [7, 11) is 3.54. The van der Waals surface area contributed by atoms with Crippen molar-refractivity contribution in [3.63, 3.8) is 0 Å². The van der Waals surface area contributed by atoms with Crippen LogP contribution in [0.25, 0.3) is 10.9 Å². The monoisotopic (exact) mass is 257 g/mol. The van der Waals surface area contributed by atoms with Crippen LogP contribution in [-0.2, 0) is 6.18 Å². The summed E-state index contributed by atoms with van der Waals surface area (Å²) in [6.07, 6.45) is -4.66. The summed E-state index contributed by atoms with van der Waals surface area (Å²) in [5, 5.41) is 0.134. The van der Waals surface area contributed by atoms with Gasteiger partial charge in [-0.15, -0.1) is 0 Å². The Labute approximate surface area is 100 Å². The van der Waals surface area contributed by atoms with Gasteiger partial charge in [0.2, 0.25) is 5.82 Å². The number of nitrogens with one attached hydrogen (secondary N) is 1. The Morgan fingerprint density at radius 2 is 1.94 bits per heavy atom.